The molecule has 35 heavy (non-hydrogen) atoms. The van der Waals surface area contributed by atoms with Gasteiger partial charge >= 0.3 is 0 Å². The number of hydrogen-bond acceptors (Lipinski definition) is 5. The molecule has 0 spiro atoms. The van der Waals surface area contributed by atoms with Gasteiger partial charge in [0, 0.05) is 46.6 Å². The summed E-state index contributed by atoms with van der Waals surface area (Å²) in [5.74, 6) is 1.64. The van der Waals surface area contributed by atoms with E-state index in [4.69, 9.17) is 4.74 Å². The highest BCUT2D eigenvalue weighted by molar-refractivity contribution is 7.89. The molecule has 0 atom stereocenters. The summed E-state index contributed by atoms with van der Waals surface area (Å²) in [5, 5.41) is 0. The zero-order valence-corrected chi connectivity index (χ0v) is 21.3. The van der Waals surface area contributed by atoms with Crippen LogP contribution < -0.4 is 4.74 Å². The Morgan fingerprint density at radius 3 is 2.57 bits per heavy atom. The number of sulfonamides is 1. The number of hydrogen-bond donors (Lipinski definition) is 0. The number of imidazole rings is 1. The van der Waals surface area contributed by atoms with Crippen molar-refractivity contribution in [2.45, 2.75) is 43.4 Å². The van der Waals surface area contributed by atoms with Gasteiger partial charge in [0.2, 0.25) is 15.9 Å². The number of carbonyl (C=O) groups excluding carboxylic acids is 1. The van der Waals surface area contributed by atoms with Crippen LogP contribution in [0.4, 0.5) is 0 Å². The van der Waals surface area contributed by atoms with Crippen molar-refractivity contribution in [1.29, 1.82) is 0 Å². The second kappa shape index (κ2) is 11.2. The summed E-state index contributed by atoms with van der Waals surface area (Å²) in [6.07, 6.45) is 4.45. The lowest BCUT2D eigenvalue weighted by Gasteiger charge is -2.25. The van der Waals surface area contributed by atoms with Crippen LogP contribution in [-0.2, 0) is 28.3 Å². The fourth-order valence-corrected chi connectivity index (χ4v) is 5.95. The highest BCUT2D eigenvalue weighted by Crippen LogP contribution is 2.25. The van der Waals surface area contributed by atoms with E-state index in [1.807, 2.05) is 48.0 Å². The zero-order valence-electron chi connectivity index (χ0n) is 20.5. The molecule has 9 heteroatoms. The lowest BCUT2D eigenvalue weighted by atomic mass is 10.2. The van der Waals surface area contributed by atoms with Crippen molar-refractivity contribution in [1.82, 2.24) is 18.8 Å². The molecule has 2 aromatic carbocycles. The Hall–Kier alpha value is -2.91. The molecule has 1 amide bonds. The molecule has 2 heterocycles. The first kappa shape index (κ1) is 25.2. The number of para-hydroxylation sites is 1. The van der Waals surface area contributed by atoms with E-state index >= 15 is 0 Å². The maximum atomic E-state index is 13.0. The molecule has 4 rings (SSSR count). The van der Waals surface area contributed by atoms with Crippen molar-refractivity contribution < 1.29 is 17.9 Å². The second-order valence-electron chi connectivity index (χ2n) is 9.03. The minimum Gasteiger partial charge on any atom is -0.494 e. The molecule has 0 radical (unpaired) electrons. The van der Waals surface area contributed by atoms with E-state index in [2.05, 4.69) is 4.98 Å². The topological polar surface area (TPSA) is 84.7 Å². The van der Waals surface area contributed by atoms with Crippen molar-refractivity contribution >= 4 is 27.0 Å². The Bertz CT molecular complexity index is 1250. The molecule has 1 fully saturated rings. The van der Waals surface area contributed by atoms with Gasteiger partial charge in [0.25, 0.3) is 0 Å². The predicted molar refractivity (Wildman–Crippen MR) is 136 cm³/mol. The maximum absolute atomic E-state index is 13.0. The first-order valence-electron chi connectivity index (χ1n) is 12.2. The van der Waals surface area contributed by atoms with Crippen molar-refractivity contribution in [3.63, 3.8) is 0 Å². The normalized spacial score (nSPS) is 14.8. The molecule has 0 N–H and O–H groups in total. The van der Waals surface area contributed by atoms with Gasteiger partial charge in [-0.1, -0.05) is 24.6 Å². The van der Waals surface area contributed by atoms with Crippen molar-refractivity contribution in [3.05, 3.63) is 54.4 Å². The van der Waals surface area contributed by atoms with Crippen LogP contribution in [0.1, 0.15) is 37.9 Å². The number of piperidine rings is 1. The Morgan fingerprint density at radius 1 is 1.09 bits per heavy atom. The first-order chi connectivity index (χ1) is 16.9. The number of aromatic nitrogens is 2. The number of amides is 1. The Kier molecular flexibility index (Phi) is 8.07. The van der Waals surface area contributed by atoms with Gasteiger partial charge in [-0.3, -0.25) is 4.79 Å². The van der Waals surface area contributed by atoms with E-state index in [0.717, 1.165) is 42.8 Å². The largest absolute Gasteiger partial charge is 0.494 e. The average Bonchev–Trinajstić information content (AvgIpc) is 3.20. The number of aryl methyl sites for hydroxylation is 2. The fraction of sp³-hybridized carbons (Fsp3) is 0.462. The van der Waals surface area contributed by atoms with E-state index in [1.54, 1.807) is 28.4 Å². The lowest BCUT2D eigenvalue weighted by molar-refractivity contribution is -0.130. The molecule has 8 nitrogen and oxygen atoms in total. The summed E-state index contributed by atoms with van der Waals surface area (Å²) < 4.78 is 35.3. The van der Waals surface area contributed by atoms with Crippen LogP contribution in [-0.4, -0.2) is 66.4 Å². The number of rotatable bonds is 10. The molecular formula is C26H34N4O4S. The number of carbonyl (C=O) groups is 1. The summed E-state index contributed by atoms with van der Waals surface area (Å²) in [5.41, 5.74) is 1.50. The van der Waals surface area contributed by atoms with Gasteiger partial charge in [0.1, 0.15) is 11.6 Å². The summed E-state index contributed by atoms with van der Waals surface area (Å²) in [6, 6.07) is 14.8. The van der Waals surface area contributed by atoms with Gasteiger partial charge in [-0.15, -0.1) is 0 Å². The quantitative estimate of drug-likeness (QED) is 0.399. The second-order valence-corrected chi connectivity index (χ2v) is 11.0. The summed E-state index contributed by atoms with van der Waals surface area (Å²) in [6.45, 7) is 2.31. The molecule has 0 aliphatic carbocycles. The molecular weight excluding hydrogens is 464 g/mol. The van der Waals surface area contributed by atoms with Crippen LogP contribution in [0.3, 0.4) is 0 Å². The van der Waals surface area contributed by atoms with Crippen LogP contribution >= 0.6 is 0 Å². The fourth-order valence-electron chi connectivity index (χ4n) is 4.41. The summed E-state index contributed by atoms with van der Waals surface area (Å²) in [7, 11) is 0.195. The number of ether oxygens (including phenoxy) is 1. The van der Waals surface area contributed by atoms with Crippen molar-refractivity contribution in [2.24, 2.45) is 7.05 Å². The number of fused-ring (bicyclic) bond motifs is 1. The molecule has 1 aliphatic rings. The van der Waals surface area contributed by atoms with E-state index < -0.39 is 10.0 Å². The SMILES string of the molecule is CN(CCCOc1ccccc1)C(=O)CCc1nc2cc(S(=O)(=O)N3CCCCC3)ccc2n1C. The van der Waals surface area contributed by atoms with Crippen LogP contribution in [0.5, 0.6) is 5.75 Å². The molecule has 0 unspecified atom stereocenters. The van der Waals surface area contributed by atoms with Crippen molar-refractivity contribution in [3.8, 4) is 5.75 Å². The molecule has 1 aliphatic heterocycles. The third-order valence-electron chi connectivity index (χ3n) is 6.54. The minimum atomic E-state index is -3.51. The van der Waals surface area contributed by atoms with E-state index in [9.17, 15) is 13.2 Å². The third kappa shape index (κ3) is 6.02. The monoisotopic (exact) mass is 498 g/mol. The summed E-state index contributed by atoms with van der Waals surface area (Å²) >= 11 is 0. The minimum absolute atomic E-state index is 0.0464. The van der Waals surface area contributed by atoms with E-state index in [1.165, 1.54) is 0 Å². The van der Waals surface area contributed by atoms with Gasteiger partial charge < -0.3 is 14.2 Å². The lowest BCUT2D eigenvalue weighted by Crippen LogP contribution is -2.35. The molecule has 1 aromatic heterocycles. The standard InChI is InChI=1S/C26H34N4O4S/c1-28(16-9-19-34-21-10-5-3-6-11-21)26(31)15-14-25-27-23-20-22(12-13-24(23)29(25)2)35(32,33)30-17-7-4-8-18-30/h3,5-6,10-13,20H,4,7-9,14-19H2,1-2H3. The van der Waals surface area contributed by atoms with Gasteiger partial charge in [-0.25, -0.2) is 13.4 Å². The smallest absolute Gasteiger partial charge is 0.243 e. The van der Waals surface area contributed by atoms with Gasteiger partial charge in [-0.2, -0.15) is 4.31 Å². The maximum Gasteiger partial charge on any atom is 0.243 e. The highest BCUT2D eigenvalue weighted by Gasteiger charge is 2.26. The Morgan fingerprint density at radius 2 is 1.83 bits per heavy atom. The van der Waals surface area contributed by atoms with Crippen LogP contribution in [0.15, 0.2) is 53.4 Å². The predicted octanol–water partition coefficient (Wildman–Crippen LogP) is 3.61. The molecule has 3 aromatic rings. The van der Waals surface area contributed by atoms with Crippen LogP contribution in [0.25, 0.3) is 11.0 Å². The zero-order chi connectivity index (χ0) is 24.8. The van der Waals surface area contributed by atoms with E-state index in [0.29, 0.717) is 44.6 Å². The number of nitrogens with zero attached hydrogens (tertiary/aromatic N) is 4. The Balaban J connectivity index is 1.33. The Labute approximate surface area is 207 Å². The van der Waals surface area contributed by atoms with Crippen LogP contribution in [0.2, 0.25) is 0 Å². The van der Waals surface area contributed by atoms with Gasteiger partial charge in [0.05, 0.1) is 22.5 Å². The van der Waals surface area contributed by atoms with Gasteiger partial charge in [0.15, 0.2) is 0 Å². The average molecular weight is 499 g/mol. The molecule has 0 saturated carbocycles. The first-order valence-corrected chi connectivity index (χ1v) is 13.7. The third-order valence-corrected chi connectivity index (χ3v) is 8.43. The molecule has 188 valence electrons. The van der Waals surface area contributed by atoms with Gasteiger partial charge in [-0.05, 0) is 49.6 Å². The van der Waals surface area contributed by atoms with Crippen LogP contribution in [0, 0.1) is 0 Å². The molecule has 1 saturated heterocycles. The molecule has 0 bridgehead atoms. The van der Waals surface area contributed by atoms with E-state index in [-0.39, 0.29) is 10.8 Å². The number of benzene rings is 2. The highest BCUT2D eigenvalue weighted by atomic mass is 32.2. The van der Waals surface area contributed by atoms with Crippen molar-refractivity contribution in [2.75, 3.05) is 33.3 Å². The summed E-state index contributed by atoms with van der Waals surface area (Å²) in [4.78, 5) is 19.3.